The van der Waals surface area contributed by atoms with Crippen LogP contribution in [-0.2, 0) is 19.6 Å². The van der Waals surface area contributed by atoms with Gasteiger partial charge in [-0.25, -0.2) is 8.42 Å². The normalized spacial score (nSPS) is 16.2. The van der Waals surface area contributed by atoms with Crippen molar-refractivity contribution in [3.05, 3.63) is 30.2 Å². The number of rotatable bonds is 10. The number of sulfonamides is 1. The number of hydrogen-bond acceptors (Lipinski definition) is 7. The van der Waals surface area contributed by atoms with Gasteiger partial charge in [-0.15, -0.1) is 0 Å². The van der Waals surface area contributed by atoms with Gasteiger partial charge in [-0.05, 0) is 57.4 Å². The van der Waals surface area contributed by atoms with E-state index in [0.717, 1.165) is 31.4 Å². The van der Waals surface area contributed by atoms with Crippen molar-refractivity contribution in [3.63, 3.8) is 0 Å². The Morgan fingerprint density at radius 2 is 1.85 bits per heavy atom. The van der Waals surface area contributed by atoms with E-state index in [-0.39, 0.29) is 18.3 Å². The van der Waals surface area contributed by atoms with Crippen LogP contribution in [0, 0.1) is 5.92 Å². The molecule has 3 rings (SSSR count). The first-order valence-corrected chi connectivity index (χ1v) is 14.0. The average molecular weight is 492 g/mol. The van der Waals surface area contributed by atoms with Gasteiger partial charge in [0.15, 0.2) is 0 Å². The molecule has 1 N–H and O–H groups in total. The quantitative estimate of drug-likeness (QED) is 0.426. The highest BCUT2D eigenvalue weighted by molar-refractivity contribution is 7.92. The summed E-state index contributed by atoms with van der Waals surface area (Å²) >= 11 is 0. The molecule has 0 spiro atoms. The fourth-order valence-corrected chi connectivity index (χ4v) is 5.01. The fourth-order valence-electron chi connectivity index (χ4n) is 4.45. The van der Waals surface area contributed by atoms with Crippen LogP contribution in [-0.4, -0.2) is 36.4 Å². The van der Waals surface area contributed by atoms with E-state index in [4.69, 9.17) is 9.26 Å². The van der Waals surface area contributed by atoms with Crippen molar-refractivity contribution >= 4 is 21.7 Å². The molecule has 0 amide bonds. The minimum atomic E-state index is -3.35. The Morgan fingerprint density at radius 1 is 1.18 bits per heavy atom. The summed E-state index contributed by atoms with van der Waals surface area (Å²) in [5.41, 5.74) is 0.610. The number of aromatic nitrogens is 2. The van der Waals surface area contributed by atoms with Gasteiger partial charge in [-0.2, -0.15) is 4.98 Å². The summed E-state index contributed by atoms with van der Waals surface area (Å²) < 4.78 is 36.4. The molecule has 1 aromatic carbocycles. The SMILES string of the molecule is CC(C)(C)OC(=O)CC(CCCC1CCCCC1)c1nc(-c2ccc(NS(C)(=O)=O)cc2)no1. The number of esters is 1. The molecule has 1 saturated carbocycles. The molecule has 1 unspecified atom stereocenters. The van der Waals surface area contributed by atoms with Crippen LogP contribution in [0.15, 0.2) is 28.8 Å². The summed E-state index contributed by atoms with van der Waals surface area (Å²) in [6, 6.07) is 6.76. The van der Waals surface area contributed by atoms with Gasteiger partial charge in [-0.1, -0.05) is 50.1 Å². The van der Waals surface area contributed by atoms with E-state index in [1.165, 1.54) is 32.1 Å². The maximum atomic E-state index is 12.6. The second-order valence-corrected chi connectivity index (χ2v) is 12.1. The van der Waals surface area contributed by atoms with Gasteiger partial charge in [0.05, 0.1) is 12.7 Å². The van der Waals surface area contributed by atoms with Crippen molar-refractivity contribution in [1.29, 1.82) is 0 Å². The van der Waals surface area contributed by atoms with E-state index in [1.807, 2.05) is 20.8 Å². The summed E-state index contributed by atoms with van der Waals surface area (Å²) in [6.07, 6.45) is 10.8. The van der Waals surface area contributed by atoms with Gasteiger partial charge in [-0.3, -0.25) is 9.52 Å². The lowest BCUT2D eigenvalue weighted by Crippen LogP contribution is -2.25. The van der Waals surface area contributed by atoms with Crippen LogP contribution >= 0.6 is 0 Å². The van der Waals surface area contributed by atoms with Gasteiger partial charge in [0.1, 0.15) is 5.60 Å². The van der Waals surface area contributed by atoms with Crippen LogP contribution in [0.3, 0.4) is 0 Å². The van der Waals surface area contributed by atoms with Gasteiger partial charge < -0.3 is 9.26 Å². The number of carbonyl (C=O) groups excluding carboxylic acids is 1. The highest BCUT2D eigenvalue weighted by Gasteiger charge is 2.26. The Bertz CT molecular complexity index is 1040. The maximum Gasteiger partial charge on any atom is 0.307 e. The molecule has 34 heavy (non-hydrogen) atoms. The zero-order chi connectivity index (χ0) is 24.8. The summed E-state index contributed by atoms with van der Waals surface area (Å²) in [7, 11) is -3.35. The molecule has 2 aromatic rings. The number of carbonyl (C=O) groups is 1. The van der Waals surface area contributed by atoms with Crippen LogP contribution in [0.25, 0.3) is 11.4 Å². The topological polar surface area (TPSA) is 111 Å². The molecule has 1 aliphatic carbocycles. The predicted molar refractivity (Wildman–Crippen MR) is 132 cm³/mol. The molecular formula is C25H37N3O5S. The van der Waals surface area contributed by atoms with Crippen LogP contribution in [0.4, 0.5) is 5.69 Å². The third-order valence-electron chi connectivity index (χ3n) is 5.96. The van der Waals surface area contributed by atoms with Crippen LogP contribution in [0.2, 0.25) is 0 Å². The Morgan fingerprint density at radius 3 is 2.47 bits per heavy atom. The van der Waals surface area contributed by atoms with Crippen molar-refractivity contribution in [2.24, 2.45) is 5.92 Å². The minimum absolute atomic E-state index is 0.195. The van der Waals surface area contributed by atoms with E-state index in [1.54, 1.807) is 24.3 Å². The number of hydrogen-bond donors (Lipinski definition) is 1. The van der Waals surface area contributed by atoms with Crippen molar-refractivity contribution in [2.45, 2.75) is 90.1 Å². The lowest BCUT2D eigenvalue weighted by molar-refractivity contribution is -0.155. The Balaban J connectivity index is 1.69. The summed E-state index contributed by atoms with van der Waals surface area (Å²) in [4.78, 5) is 17.1. The lowest BCUT2D eigenvalue weighted by atomic mass is 9.84. The van der Waals surface area contributed by atoms with Crippen molar-refractivity contribution < 1.29 is 22.5 Å². The maximum absolute atomic E-state index is 12.6. The first kappa shape index (κ1) is 26.2. The van der Waals surface area contributed by atoms with Crippen LogP contribution < -0.4 is 4.72 Å². The first-order valence-electron chi connectivity index (χ1n) is 12.1. The standard InChI is InChI=1S/C25H37N3O5S/c1-25(2,3)32-22(29)17-20(12-8-11-18-9-6-5-7-10-18)24-26-23(27-33-24)19-13-15-21(16-14-19)28-34(4,30)31/h13-16,18,20,28H,5-12,17H2,1-4H3. The van der Waals surface area contributed by atoms with Crippen molar-refractivity contribution in [3.8, 4) is 11.4 Å². The molecule has 1 heterocycles. The van der Waals surface area contributed by atoms with Crippen molar-refractivity contribution in [2.75, 3.05) is 11.0 Å². The van der Waals surface area contributed by atoms with Crippen LogP contribution in [0.5, 0.6) is 0 Å². The summed E-state index contributed by atoms with van der Waals surface area (Å²) in [5, 5.41) is 4.11. The number of anilines is 1. The second kappa shape index (κ2) is 11.3. The van der Waals surface area contributed by atoms with E-state index < -0.39 is 15.6 Å². The zero-order valence-electron chi connectivity index (χ0n) is 20.7. The van der Waals surface area contributed by atoms with Crippen molar-refractivity contribution in [1.82, 2.24) is 10.1 Å². The number of nitrogens with one attached hydrogen (secondary N) is 1. The van der Waals surface area contributed by atoms with E-state index >= 15 is 0 Å². The van der Waals surface area contributed by atoms with Gasteiger partial charge in [0, 0.05) is 17.2 Å². The Labute approximate surface area is 202 Å². The predicted octanol–water partition coefficient (Wildman–Crippen LogP) is 5.67. The van der Waals surface area contributed by atoms with E-state index in [2.05, 4.69) is 14.9 Å². The number of ether oxygens (including phenoxy) is 1. The molecule has 1 atom stereocenters. The highest BCUT2D eigenvalue weighted by Crippen LogP contribution is 2.32. The molecule has 188 valence electrons. The zero-order valence-corrected chi connectivity index (χ0v) is 21.5. The molecule has 8 nitrogen and oxygen atoms in total. The third-order valence-corrected chi connectivity index (χ3v) is 6.57. The fraction of sp³-hybridized carbons (Fsp3) is 0.640. The monoisotopic (exact) mass is 491 g/mol. The molecule has 0 aliphatic heterocycles. The average Bonchev–Trinajstić information content (AvgIpc) is 3.22. The molecule has 9 heteroatoms. The van der Waals surface area contributed by atoms with Gasteiger partial charge >= 0.3 is 5.97 Å². The molecule has 0 bridgehead atoms. The molecule has 0 radical (unpaired) electrons. The van der Waals surface area contributed by atoms with Gasteiger partial charge in [0.25, 0.3) is 0 Å². The Hall–Kier alpha value is -2.42. The molecule has 1 aromatic heterocycles. The highest BCUT2D eigenvalue weighted by atomic mass is 32.2. The van der Waals surface area contributed by atoms with Crippen LogP contribution in [0.1, 0.15) is 90.4 Å². The van der Waals surface area contributed by atoms with E-state index in [9.17, 15) is 13.2 Å². The van der Waals surface area contributed by atoms with Gasteiger partial charge in [0.2, 0.25) is 21.7 Å². The first-order chi connectivity index (χ1) is 16.0. The summed E-state index contributed by atoms with van der Waals surface area (Å²) in [5.74, 6) is 1.13. The summed E-state index contributed by atoms with van der Waals surface area (Å²) in [6.45, 7) is 5.57. The third kappa shape index (κ3) is 8.74. The van der Waals surface area contributed by atoms with E-state index in [0.29, 0.717) is 23.0 Å². The Kier molecular flexibility index (Phi) is 8.73. The lowest BCUT2D eigenvalue weighted by Gasteiger charge is -2.23. The number of benzene rings is 1. The largest absolute Gasteiger partial charge is 0.460 e. The molecule has 1 aliphatic rings. The number of nitrogens with zero attached hydrogens (tertiary/aromatic N) is 2. The smallest absolute Gasteiger partial charge is 0.307 e. The molecular weight excluding hydrogens is 454 g/mol. The second-order valence-electron chi connectivity index (χ2n) is 10.3. The molecule has 1 fully saturated rings. The molecule has 0 saturated heterocycles. The minimum Gasteiger partial charge on any atom is -0.460 e.